The van der Waals surface area contributed by atoms with Crippen molar-refractivity contribution in [1.82, 2.24) is 19.7 Å². The van der Waals surface area contributed by atoms with Crippen LogP contribution in [0.3, 0.4) is 0 Å². The molecule has 3 rings (SSSR count). The van der Waals surface area contributed by atoms with Crippen molar-refractivity contribution in [2.45, 2.75) is 32.9 Å². The number of H-pyrrole nitrogens is 1. The fourth-order valence-corrected chi connectivity index (χ4v) is 2.95. The minimum atomic E-state index is -0.250. The van der Waals surface area contributed by atoms with Gasteiger partial charge < -0.3 is 14.6 Å². The predicted molar refractivity (Wildman–Crippen MR) is 104 cm³/mol. The number of hydrogen-bond acceptors (Lipinski definition) is 4. The van der Waals surface area contributed by atoms with E-state index in [1.807, 2.05) is 53.4 Å². The van der Waals surface area contributed by atoms with Gasteiger partial charge in [-0.25, -0.2) is 4.98 Å². The van der Waals surface area contributed by atoms with Gasteiger partial charge in [0.15, 0.2) is 11.6 Å². The molecule has 27 heavy (non-hydrogen) atoms. The molecule has 0 spiro atoms. The highest BCUT2D eigenvalue weighted by molar-refractivity contribution is 5.94. The summed E-state index contributed by atoms with van der Waals surface area (Å²) in [5.74, 6) is 1.60. The number of nitrogens with one attached hydrogen (secondary N) is 2. The molecule has 7 nitrogen and oxygen atoms in total. The maximum atomic E-state index is 12.9. The van der Waals surface area contributed by atoms with Crippen LogP contribution >= 0.6 is 0 Å². The Labute approximate surface area is 158 Å². The number of nitrogens with zero attached hydrogens (tertiary/aromatic N) is 3. The fraction of sp³-hybridized carbons (Fsp3) is 0.350. The molecule has 0 bridgehead atoms. The molecule has 0 aliphatic heterocycles. The smallest absolute Gasteiger partial charge is 0.247 e. The second kappa shape index (κ2) is 8.64. The van der Waals surface area contributed by atoms with Crippen LogP contribution in [0.2, 0.25) is 0 Å². The number of methoxy groups -OCH3 is 1. The molecule has 0 radical (unpaired) electrons. The molecule has 1 aromatic carbocycles. The average molecular weight is 367 g/mol. The van der Waals surface area contributed by atoms with Gasteiger partial charge in [0, 0.05) is 30.8 Å². The summed E-state index contributed by atoms with van der Waals surface area (Å²) in [6.07, 6.45) is 4.61. The van der Waals surface area contributed by atoms with Crippen molar-refractivity contribution in [2.75, 3.05) is 12.4 Å². The second-order valence-electron chi connectivity index (χ2n) is 6.88. The SMILES string of the molecule is COCc1nc(-c2cccc(NC(=O)[C@H](CC(C)C)n3cccc3)c2)n[nH]1. The van der Waals surface area contributed by atoms with E-state index in [0.29, 0.717) is 24.2 Å². The standard InChI is InChI=1S/C20H25N5O2/c1-14(2)11-17(25-9-4-5-10-25)20(26)21-16-8-6-7-15(12-16)19-22-18(13-27-3)23-24-19/h4-10,12,14,17H,11,13H2,1-3H3,(H,21,26)(H,22,23,24)/t17-/m0/s1. The summed E-state index contributed by atoms with van der Waals surface area (Å²) in [5, 5.41) is 10.1. The Kier molecular flexibility index (Phi) is 6.03. The van der Waals surface area contributed by atoms with Crippen LogP contribution in [0.1, 0.15) is 32.1 Å². The van der Waals surface area contributed by atoms with Gasteiger partial charge in [0.25, 0.3) is 0 Å². The summed E-state index contributed by atoms with van der Waals surface area (Å²) >= 11 is 0. The quantitative estimate of drug-likeness (QED) is 0.636. The lowest BCUT2D eigenvalue weighted by Gasteiger charge is -2.20. The summed E-state index contributed by atoms with van der Waals surface area (Å²) in [4.78, 5) is 17.3. The lowest BCUT2D eigenvalue weighted by atomic mass is 10.0. The van der Waals surface area contributed by atoms with E-state index in [1.165, 1.54) is 0 Å². The number of rotatable bonds is 8. The topological polar surface area (TPSA) is 84.8 Å². The minimum Gasteiger partial charge on any atom is -0.377 e. The zero-order chi connectivity index (χ0) is 19.2. The van der Waals surface area contributed by atoms with E-state index in [0.717, 1.165) is 17.7 Å². The molecular weight excluding hydrogens is 342 g/mol. The predicted octanol–water partition coefficient (Wildman–Crippen LogP) is 3.65. The van der Waals surface area contributed by atoms with E-state index in [1.54, 1.807) is 7.11 Å². The third-order valence-corrected chi connectivity index (χ3v) is 4.19. The summed E-state index contributed by atoms with van der Waals surface area (Å²) in [6.45, 7) is 4.60. The monoisotopic (exact) mass is 367 g/mol. The van der Waals surface area contributed by atoms with E-state index in [9.17, 15) is 4.79 Å². The van der Waals surface area contributed by atoms with Gasteiger partial charge in [-0.2, -0.15) is 5.10 Å². The molecule has 142 valence electrons. The van der Waals surface area contributed by atoms with Gasteiger partial charge >= 0.3 is 0 Å². The van der Waals surface area contributed by atoms with E-state index in [2.05, 4.69) is 34.3 Å². The molecule has 1 atom stereocenters. The zero-order valence-corrected chi connectivity index (χ0v) is 15.8. The van der Waals surface area contributed by atoms with Gasteiger partial charge in [-0.1, -0.05) is 26.0 Å². The maximum Gasteiger partial charge on any atom is 0.247 e. The molecule has 0 fully saturated rings. The summed E-state index contributed by atoms with van der Waals surface area (Å²) in [6, 6.07) is 11.1. The Hall–Kier alpha value is -2.93. The van der Waals surface area contributed by atoms with Gasteiger partial charge in [-0.15, -0.1) is 0 Å². The Morgan fingerprint density at radius 1 is 1.26 bits per heavy atom. The number of carbonyl (C=O) groups excluding carboxylic acids is 1. The van der Waals surface area contributed by atoms with Crippen molar-refractivity contribution in [1.29, 1.82) is 0 Å². The first-order valence-electron chi connectivity index (χ1n) is 9.00. The Balaban J connectivity index is 1.77. The van der Waals surface area contributed by atoms with Crippen LogP contribution < -0.4 is 5.32 Å². The van der Waals surface area contributed by atoms with Crippen molar-refractivity contribution in [3.05, 3.63) is 54.6 Å². The Bertz CT molecular complexity index is 870. The molecule has 7 heteroatoms. The Morgan fingerprint density at radius 3 is 2.74 bits per heavy atom. The molecule has 1 amide bonds. The first-order chi connectivity index (χ1) is 13.1. The van der Waals surface area contributed by atoms with Gasteiger partial charge in [-0.3, -0.25) is 9.89 Å². The molecule has 3 aromatic rings. The summed E-state index contributed by atoms with van der Waals surface area (Å²) in [7, 11) is 1.61. The van der Waals surface area contributed by atoms with Crippen LogP contribution in [0.5, 0.6) is 0 Å². The third-order valence-electron chi connectivity index (χ3n) is 4.19. The number of aromatic nitrogens is 4. The molecule has 0 saturated carbocycles. The van der Waals surface area contributed by atoms with Crippen LogP contribution in [0.25, 0.3) is 11.4 Å². The highest BCUT2D eigenvalue weighted by Crippen LogP contribution is 2.23. The fourth-order valence-electron chi connectivity index (χ4n) is 2.95. The first kappa shape index (κ1) is 18.8. The maximum absolute atomic E-state index is 12.9. The number of hydrogen-bond donors (Lipinski definition) is 2. The molecule has 0 aliphatic rings. The van der Waals surface area contributed by atoms with Crippen molar-refractivity contribution in [2.24, 2.45) is 5.92 Å². The van der Waals surface area contributed by atoms with Crippen molar-refractivity contribution >= 4 is 11.6 Å². The number of anilines is 1. The molecule has 0 saturated heterocycles. The van der Waals surface area contributed by atoms with Crippen molar-refractivity contribution in [3.63, 3.8) is 0 Å². The van der Waals surface area contributed by atoms with E-state index >= 15 is 0 Å². The van der Waals surface area contributed by atoms with Crippen LogP contribution in [0, 0.1) is 5.92 Å². The van der Waals surface area contributed by atoms with E-state index < -0.39 is 0 Å². The summed E-state index contributed by atoms with van der Waals surface area (Å²) in [5.41, 5.74) is 1.55. The van der Waals surface area contributed by atoms with Crippen LogP contribution in [0.15, 0.2) is 48.8 Å². The van der Waals surface area contributed by atoms with E-state index in [-0.39, 0.29) is 11.9 Å². The molecule has 2 N–H and O–H groups in total. The highest BCUT2D eigenvalue weighted by atomic mass is 16.5. The summed E-state index contributed by atoms with van der Waals surface area (Å²) < 4.78 is 7.00. The normalized spacial score (nSPS) is 12.3. The number of carbonyl (C=O) groups is 1. The number of amides is 1. The van der Waals surface area contributed by atoms with Crippen LogP contribution in [-0.2, 0) is 16.1 Å². The highest BCUT2D eigenvalue weighted by Gasteiger charge is 2.21. The number of benzene rings is 1. The minimum absolute atomic E-state index is 0.0351. The number of ether oxygens (including phenoxy) is 1. The Morgan fingerprint density at radius 2 is 2.04 bits per heavy atom. The van der Waals surface area contributed by atoms with Crippen LogP contribution in [-0.4, -0.2) is 32.8 Å². The van der Waals surface area contributed by atoms with Gasteiger partial charge in [0.1, 0.15) is 12.6 Å². The molecular formula is C20H25N5O2. The molecule has 0 unspecified atom stereocenters. The average Bonchev–Trinajstić information content (AvgIpc) is 3.32. The number of aromatic amines is 1. The van der Waals surface area contributed by atoms with Gasteiger partial charge in [0.05, 0.1) is 0 Å². The second-order valence-corrected chi connectivity index (χ2v) is 6.88. The molecule has 2 heterocycles. The largest absolute Gasteiger partial charge is 0.377 e. The lowest BCUT2D eigenvalue weighted by Crippen LogP contribution is -2.26. The van der Waals surface area contributed by atoms with Gasteiger partial charge in [0.2, 0.25) is 5.91 Å². The third kappa shape index (κ3) is 4.83. The zero-order valence-electron chi connectivity index (χ0n) is 15.8. The van der Waals surface area contributed by atoms with Crippen molar-refractivity contribution < 1.29 is 9.53 Å². The van der Waals surface area contributed by atoms with Crippen LogP contribution in [0.4, 0.5) is 5.69 Å². The van der Waals surface area contributed by atoms with E-state index in [4.69, 9.17) is 4.74 Å². The molecule has 0 aliphatic carbocycles. The first-order valence-corrected chi connectivity index (χ1v) is 9.00. The van der Waals surface area contributed by atoms with Gasteiger partial charge in [-0.05, 0) is 36.6 Å². The van der Waals surface area contributed by atoms with Crippen molar-refractivity contribution in [3.8, 4) is 11.4 Å². The molecule has 2 aromatic heterocycles. The lowest BCUT2D eigenvalue weighted by molar-refractivity contribution is -0.119.